The second-order valence-corrected chi connectivity index (χ2v) is 4.57. The van der Waals surface area contributed by atoms with Crippen LogP contribution in [0.15, 0.2) is 42.5 Å². The Morgan fingerprint density at radius 1 is 1.10 bits per heavy atom. The highest BCUT2D eigenvalue weighted by Gasteiger charge is 2.19. The van der Waals surface area contributed by atoms with Crippen LogP contribution in [0.5, 0.6) is 0 Å². The monoisotopic (exact) mass is 277 g/mol. The van der Waals surface area contributed by atoms with Gasteiger partial charge in [-0.1, -0.05) is 12.1 Å². The molecular formula is C16H17F2NO. The minimum absolute atomic E-state index is 0.330. The third kappa shape index (κ3) is 2.80. The van der Waals surface area contributed by atoms with Crippen LogP contribution in [-0.4, -0.2) is 11.7 Å². The predicted octanol–water partition coefficient (Wildman–Crippen LogP) is 4.18. The molecule has 0 aromatic heterocycles. The van der Waals surface area contributed by atoms with Crippen LogP contribution in [0.2, 0.25) is 0 Å². The van der Waals surface area contributed by atoms with Gasteiger partial charge < -0.3 is 10.0 Å². The number of aliphatic hydroxyl groups excluding tert-OH is 1. The highest BCUT2D eigenvalue weighted by molar-refractivity contribution is 5.67. The Morgan fingerprint density at radius 2 is 1.75 bits per heavy atom. The lowest BCUT2D eigenvalue weighted by Crippen LogP contribution is -2.20. The third-order valence-electron chi connectivity index (χ3n) is 3.19. The van der Waals surface area contributed by atoms with E-state index in [-0.39, 0.29) is 5.82 Å². The molecule has 0 unspecified atom stereocenters. The molecule has 2 nitrogen and oxygen atoms in total. The summed E-state index contributed by atoms with van der Waals surface area (Å²) < 4.78 is 27.2. The standard InChI is InChI=1S/C16H17F2NO/c1-3-19(13-9-7-12(17)8-10-13)16-14(11(2)20)5-4-6-15(16)18/h4-11,20H,3H2,1-2H3/t11-/m0/s1. The average Bonchev–Trinajstić information content (AvgIpc) is 2.43. The lowest BCUT2D eigenvalue weighted by atomic mass is 10.1. The zero-order valence-corrected chi connectivity index (χ0v) is 11.5. The number of para-hydroxylation sites is 1. The van der Waals surface area contributed by atoms with E-state index in [0.717, 1.165) is 0 Å². The van der Waals surface area contributed by atoms with E-state index in [0.29, 0.717) is 23.5 Å². The fraction of sp³-hybridized carbons (Fsp3) is 0.250. The van der Waals surface area contributed by atoms with E-state index in [9.17, 15) is 13.9 Å². The van der Waals surface area contributed by atoms with Gasteiger partial charge in [-0.2, -0.15) is 0 Å². The molecule has 0 aliphatic carbocycles. The summed E-state index contributed by atoms with van der Waals surface area (Å²) >= 11 is 0. The molecule has 0 aliphatic rings. The summed E-state index contributed by atoms with van der Waals surface area (Å²) in [5.41, 5.74) is 1.52. The molecule has 0 bridgehead atoms. The van der Waals surface area contributed by atoms with Gasteiger partial charge in [-0.05, 0) is 44.2 Å². The first kappa shape index (κ1) is 14.5. The van der Waals surface area contributed by atoms with Crippen molar-refractivity contribution in [2.24, 2.45) is 0 Å². The lowest BCUT2D eigenvalue weighted by Gasteiger charge is -2.27. The number of hydrogen-bond donors (Lipinski definition) is 1. The van der Waals surface area contributed by atoms with Crippen molar-refractivity contribution in [2.75, 3.05) is 11.4 Å². The van der Waals surface area contributed by atoms with Gasteiger partial charge in [0.25, 0.3) is 0 Å². The van der Waals surface area contributed by atoms with Crippen molar-refractivity contribution < 1.29 is 13.9 Å². The maximum absolute atomic E-state index is 14.2. The second-order valence-electron chi connectivity index (χ2n) is 4.57. The van der Waals surface area contributed by atoms with Crippen molar-refractivity contribution in [3.8, 4) is 0 Å². The number of rotatable bonds is 4. The van der Waals surface area contributed by atoms with Crippen LogP contribution < -0.4 is 4.90 Å². The molecule has 20 heavy (non-hydrogen) atoms. The fourth-order valence-corrected chi connectivity index (χ4v) is 2.24. The van der Waals surface area contributed by atoms with Crippen molar-refractivity contribution >= 4 is 11.4 Å². The van der Waals surface area contributed by atoms with Crippen LogP contribution in [0.1, 0.15) is 25.5 Å². The van der Waals surface area contributed by atoms with Gasteiger partial charge in [-0.3, -0.25) is 0 Å². The van der Waals surface area contributed by atoms with E-state index < -0.39 is 11.9 Å². The van der Waals surface area contributed by atoms with Gasteiger partial charge in [0.05, 0.1) is 11.8 Å². The molecule has 1 atom stereocenters. The first-order valence-electron chi connectivity index (χ1n) is 6.54. The van der Waals surface area contributed by atoms with Gasteiger partial charge in [0, 0.05) is 17.8 Å². The van der Waals surface area contributed by atoms with Crippen molar-refractivity contribution in [3.05, 3.63) is 59.7 Å². The third-order valence-corrected chi connectivity index (χ3v) is 3.19. The Hall–Kier alpha value is -1.94. The minimum atomic E-state index is -0.782. The average molecular weight is 277 g/mol. The topological polar surface area (TPSA) is 23.5 Å². The number of hydrogen-bond acceptors (Lipinski definition) is 2. The first-order valence-corrected chi connectivity index (χ1v) is 6.54. The molecule has 0 radical (unpaired) electrons. The quantitative estimate of drug-likeness (QED) is 0.906. The molecule has 0 heterocycles. The van der Waals surface area contributed by atoms with E-state index in [2.05, 4.69) is 0 Å². The zero-order chi connectivity index (χ0) is 14.7. The van der Waals surface area contributed by atoms with Crippen LogP contribution in [0.4, 0.5) is 20.2 Å². The zero-order valence-electron chi connectivity index (χ0n) is 11.5. The summed E-state index contributed by atoms with van der Waals surface area (Å²) in [4.78, 5) is 1.72. The highest BCUT2D eigenvalue weighted by Crippen LogP contribution is 2.34. The maximum atomic E-state index is 14.2. The molecule has 106 valence electrons. The smallest absolute Gasteiger partial charge is 0.147 e. The van der Waals surface area contributed by atoms with Gasteiger partial charge in [-0.25, -0.2) is 8.78 Å². The number of nitrogens with zero attached hydrogens (tertiary/aromatic N) is 1. The molecule has 2 rings (SSSR count). The molecule has 4 heteroatoms. The summed E-state index contributed by atoms with van der Waals surface area (Å²) in [7, 11) is 0. The highest BCUT2D eigenvalue weighted by atomic mass is 19.1. The summed E-state index contributed by atoms with van der Waals surface area (Å²) in [6.07, 6.45) is -0.782. The van der Waals surface area contributed by atoms with Crippen LogP contribution >= 0.6 is 0 Å². The van der Waals surface area contributed by atoms with Crippen LogP contribution in [0.3, 0.4) is 0 Å². The van der Waals surface area contributed by atoms with Gasteiger partial charge in [-0.15, -0.1) is 0 Å². The van der Waals surface area contributed by atoms with Gasteiger partial charge in [0.2, 0.25) is 0 Å². The largest absolute Gasteiger partial charge is 0.389 e. The normalized spacial score (nSPS) is 12.2. The Balaban J connectivity index is 2.54. The minimum Gasteiger partial charge on any atom is -0.389 e. The van der Waals surface area contributed by atoms with Crippen molar-refractivity contribution in [1.29, 1.82) is 0 Å². The molecule has 0 saturated heterocycles. The number of anilines is 2. The molecule has 0 amide bonds. The van der Waals surface area contributed by atoms with Gasteiger partial charge in [0.15, 0.2) is 0 Å². The number of aliphatic hydroxyl groups is 1. The number of benzene rings is 2. The Kier molecular flexibility index (Phi) is 4.35. The number of halogens is 2. The lowest BCUT2D eigenvalue weighted by molar-refractivity contribution is 0.199. The molecular weight excluding hydrogens is 260 g/mol. The molecule has 0 aliphatic heterocycles. The van der Waals surface area contributed by atoms with Crippen molar-refractivity contribution in [2.45, 2.75) is 20.0 Å². The Labute approximate surface area is 117 Å². The van der Waals surface area contributed by atoms with E-state index in [1.807, 2.05) is 6.92 Å². The summed E-state index contributed by atoms with van der Waals surface area (Å²) in [5.74, 6) is -0.747. The predicted molar refractivity (Wildman–Crippen MR) is 76.1 cm³/mol. The maximum Gasteiger partial charge on any atom is 0.147 e. The van der Waals surface area contributed by atoms with Crippen molar-refractivity contribution in [3.63, 3.8) is 0 Å². The molecule has 2 aromatic rings. The molecule has 0 saturated carbocycles. The first-order chi connectivity index (χ1) is 9.54. The van der Waals surface area contributed by atoms with E-state index in [1.165, 1.54) is 18.2 Å². The second kappa shape index (κ2) is 6.01. The molecule has 0 fully saturated rings. The molecule has 1 N–H and O–H groups in total. The van der Waals surface area contributed by atoms with Crippen molar-refractivity contribution in [1.82, 2.24) is 0 Å². The van der Waals surface area contributed by atoms with E-state index in [4.69, 9.17) is 0 Å². The molecule has 0 spiro atoms. The van der Waals surface area contributed by atoms with Crippen LogP contribution in [0, 0.1) is 11.6 Å². The fourth-order valence-electron chi connectivity index (χ4n) is 2.24. The summed E-state index contributed by atoms with van der Waals surface area (Å²) in [6.45, 7) is 3.98. The van der Waals surface area contributed by atoms with Gasteiger partial charge >= 0.3 is 0 Å². The summed E-state index contributed by atoms with van der Waals surface area (Å²) in [5, 5.41) is 9.81. The molecule has 2 aromatic carbocycles. The summed E-state index contributed by atoms with van der Waals surface area (Å²) in [6, 6.07) is 10.5. The Bertz CT molecular complexity index is 582. The van der Waals surface area contributed by atoms with Gasteiger partial charge in [0.1, 0.15) is 11.6 Å². The van der Waals surface area contributed by atoms with Crippen LogP contribution in [0.25, 0.3) is 0 Å². The van der Waals surface area contributed by atoms with Crippen LogP contribution in [-0.2, 0) is 0 Å². The Morgan fingerprint density at radius 3 is 2.30 bits per heavy atom. The van der Waals surface area contributed by atoms with E-state index >= 15 is 0 Å². The van der Waals surface area contributed by atoms with E-state index in [1.54, 1.807) is 36.1 Å². The SMILES string of the molecule is CCN(c1ccc(F)cc1)c1c(F)cccc1[C@H](C)O.